The van der Waals surface area contributed by atoms with E-state index in [1.54, 1.807) is 24.3 Å². The highest BCUT2D eigenvalue weighted by Crippen LogP contribution is 2.66. The van der Waals surface area contributed by atoms with E-state index in [-0.39, 0.29) is 31.1 Å². The van der Waals surface area contributed by atoms with Gasteiger partial charge in [-0.1, -0.05) is 12.1 Å². The van der Waals surface area contributed by atoms with Crippen molar-refractivity contribution in [2.45, 2.75) is 50.7 Å². The molecule has 0 aliphatic heterocycles. The fourth-order valence-corrected chi connectivity index (χ4v) is 4.27. The van der Waals surface area contributed by atoms with E-state index < -0.39 is 23.4 Å². The van der Waals surface area contributed by atoms with E-state index in [4.69, 9.17) is 0 Å². The number of carbonyl (C=O) groups excluding carboxylic acids is 1. The third-order valence-electron chi connectivity index (χ3n) is 6.54. The summed E-state index contributed by atoms with van der Waals surface area (Å²) in [4.78, 5) is 18.7. The molecule has 174 valence electrons. The fraction of sp³-hybridized carbons (Fsp3) is 0.500. The van der Waals surface area contributed by atoms with Crippen LogP contribution in [0.3, 0.4) is 0 Å². The molecule has 3 rings (SSSR count). The SMILES string of the molecule is Cc1cc(O)ccc1C[C@@H](CNC(=O)CC(c1cccnc1)C1(C(F)(F)F)CC1)N(C)C. The van der Waals surface area contributed by atoms with Crippen molar-refractivity contribution >= 4 is 5.91 Å². The number of phenols is 1. The molecule has 1 heterocycles. The second-order valence-corrected chi connectivity index (χ2v) is 8.93. The van der Waals surface area contributed by atoms with Crippen LogP contribution in [0.1, 0.15) is 41.9 Å². The van der Waals surface area contributed by atoms with Crippen molar-refractivity contribution in [2.24, 2.45) is 5.41 Å². The number of hydrogen-bond acceptors (Lipinski definition) is 4. The number of aromatic hydroxyl groups is 1. The lowest BCUT2D eigenvalue weighted by Gasteiger charge is -2.30. The summed E-state index contributed by atoms with van der Waals surface area (Å²) in [7, 11) is 3.79. The molecule has 1 aliphatic rings. The maximum atomic E-state index is 13.8. The molecule has 1 aromatic carbocycles. The molecule has 8 heteroatoms. The second kappa shape index (κ2) is 9.48. The Morgan fingerprint density at radius 2 is 2.00 bits per heavy atom. The lowest BCUT2D eigenvalue weighted by molar-refractivity contribution is -0.194. The third kappa shape index (κ3) is 5.41. The average molecular weight is 450 g/mol. The molecule has 32 heavy (non-hydrogen) atoms. The number of aryl methyl sites for hydroxylation is 1. The third-order valence-corrected chi connectivity index (χ3v) is 6.54. The van der Waals surface area contributed by atoms with Crippen LogP contribution >= 0.6 is 0 Å². The van der Waals surface area contributed by atoms with Crippen molar-refractivity contribution in [3.63, 3.8) is 0 Å². The quantitative estimate of drug-likeness (QED) is 0.602. The Morgan fingerprint density at radius 3 is 2.53 bits per heavy atom. The molecule has 0 saturated heterocycles. The van der Waals surface area contributed by atoms with Crippen molar-refractivity contribution in [3.8, 4) is 5.75 Å². The van der Waals surface area contributed by atoms with Crippen LogP contribution in [0.5, 0.6) is 5.75 Å². The van der Waals surface area contributed by atoms with Crippen LogP contribution in [0.4, 0.5) is 13.2 Å². The number of aromatic nitrogens is 1. The van der Waals surface area contributed by atoms with Gasteiger partial charge in [0.2, 0.25) is 5.91 Å². The maximum absolute atomic E-state index is 13.8. The van der Waals surface area contributed by atoms with Gasteiger partial charge < -0.3 is 15.3 Å². The molecule has 2 aromatic rings. The number of nitrogens with zero attached hydrogens (tertiary/aromatic N) is 2. The summed E-state index contributed by atoms with van der Waals surface area (Å²) in [5.41, 5.74) is 0.581. The molecule has 0 spiro atoms. The van der Waals surface area contributed by atoms with Crippen LogP contribution < -0.4 is 5.32 Å². The van der Waals surface area contributed by atoms with E-state index in [2.05, 4.69) is 10.3 Å². The first kappa shape index (κ1) is 24.0. The molecular formula is C24H30F3N3O2. The zero-order valence-electron chi connectivity index (χ0n) is 18.6. The van der Waals surface area contributed by atoms with Gasteiger partial charge in [-0.2, -0.15) is 13.2 Å². The maximum Gasteiger partial charge on any atom is 0.395 e. The van der Waals surface area contributed by atoms with Gasteiger partial charge in [-0.15, -0.1) is 0 Å². The Hall–Kier alpha value is -2.61. The monoisotopic (exact) mass is 449 g/mol. The van der Waals surface area contributed by atoms with Crippen molar-refractivity contribution in [3.05, 3.63) is 59.4 Å². The Kier molecular flexibility index (Phi) is 7.12. The molecule has 0 bridgehead atoms. The van der Waals surface area contributed by atoms with Crippen molar-refractivity contribution in [2.75, 3.05) is 20.6 Å². The summed E-state index contributed by atoms with van der Waals surface area (Å²) in [5, 5.41) is 12.5. The first-order chi connectivity index (χ1) is 15.0. The van der Waals surface area contributed by atoms with Gasteiger partial charge in [0.1, 0.15) is 5.75 Å². The number of alkyl halides is 3. The standard InChI is InChI=1S/C24H30F3N3O2/c1-16-11-20(31)7-6-17(16)12-19(30(2)3)15-29-22(32)13-21(18-5-4-10-28-14-18)23(8-9-23)24(25,26)27/h4-7,10-11,14,19,21,31H,8-9,12-13,15H2,1-3H3,(H,29,32)/t19-,21?/m0/s1. The molecule has 5 nitrogen and oxygen atoms in total. The van der Waals surface area contributed by atoms with Crippen LogP contribution in [0, 0.1) is 12.3 Å². The minimum atomic E-state index is -4.36. The first-order valence-electron chi connectivity index (χ1n) is 10.7. The predicted molar refractivity (Wildman–Crippen MR) is 116 cm³/mol. The summed E-state index contributed by atoms with van der Waals surface area (Å²) < 4.78 is 41.5. The van der Waals surface area contributed by atoms with E-state index >= 15 is 0 Å². The summed E-state index contributed by atoms with van der Waals surface area (Å²) in [6.45, 7) is 2.22. The van der Waals surface area contributed by atoms with E-state index in [0.29, 0.717) is 18.5 Å². The normalized spacial score (nSPS) is 17.1. The highest BCUT2D eigenvalue weighted by molar-refractivity contribution is 5.77. The van der Waals surface area contributed by atoms with Crippen LogP contribution in [0.2, 0.25) is 0 Å². The molecule has 2 N–H and O–H groups in total. The Labute approximate surface area is 186 Å². The number of likely N-dealkylation sites (N-methyl/N-ethyl adjacent to an activating group) is 1. The number of carbonyl (C=O) groups is 1. The van der Waals surface area contributed by atoms with Gasteiger partial charge in [-0.05, 0) is 75.2 Å². The van der Waals surface area contributed by atoms with Crippen LogP contribution in [0.15, 0.2) is 42.7 Å². The minimum absolute atomic E-state index is 0.0315. The van der Waals surface area contributed by atoms with Crippen LogP contribution in [-0.2, 0) is 11.2 Å². The number of nitrogens with one attached hydrogen (secondary N) is 1. The second-order valence-electron chi connectivity index (χ2n) is 8.93. The predicted octanol–water partition coefficient (Wildman–Crippen LogP) is 4.20. The summed E-state index contributed by atoms with van der Waals surface area (Å²) in [5.74, 6) is -1.15. The molecule has 0 radical (unpaired) electrons. The van der Waals surface area contributed by atoms with E-state index in [9.17, 15) is 23.1 Å². The van der Waals surface area contributed by atoms with E-state index in [1.165, 1.54) is 12.4 Å². The van der Waals surface area contributed by atoms with Gasteiger partial charge in [0.05, 0.1) is 5.41 Å². The molecule has 1 aliphatic carbocycles. The zero-order valence-corrected chi connectivity index (χ0v) is 18.6. The molecule has 1 saturated carbocycles. The number of hydrogen-bond donors (Lipinski definition) is 2. The van der Waals surface area contributed by atoms with Gasteiger partial charge >= 0.3 is 6.18 Å². The number of benzene rings is 1. The van der Waals surface area contributed by atoms with Gasteiger partial charge in [-0.3, -0.25) is 9.78 Å². The number of halogens is 3. The lowest BCUT2D eigenvalue weighted by Crippen LogP contribution is -2.43. The van der Waals surface area contributed by atoms with Crippen molar-refractivity contribution in [1.82, 2.24) is 15.2 Å². The largest absolute Gasteiger partial charge is 0.508 e. The summed E-state index contributed by atoms with van der Waals surface area (Å²) >= 11 is 0. The zero-order chi connectivity index (χ0) is 23.5. The average Bonchev–Trinajstić information content (AvgIpc) is 3.53. The molecule has 1 unspecified atom stereocenters. The highest BCUT2D eigenvalue weighted by atomic mass is 19.4. The Bertz CT molecular complexity index is 928. The molecule has 1 fully saturated rings. The first-order valence-corrected chi connectivity index (χ1v) is 10.7. The van der Waals surface area contributed by atoms with Gasteiger partial charge in [-0.25, -0.2) is 0 Å². The molecular weight excluding hydrogens is 419 g/mol. The van der Waals surface area contributed by atoms with Crippen molar-refractivity contribution < 1.29 is 23.1 Å². The fourth-order valence-electron chi connectivity index (χ4n) is 4.27. The summed E-state index contributed by atoms with van der Waals surface area (Å²) in [6, 6.07) is 8.34. The van der Waals surface area contributed by atoms with Crippen LogP contribution in [0.25, 0.3) is 0 Å². The van der Waals surface area contributed by atoms with Crippen molar-refractivity contribution in [1.29, 1.82) is 0 Å². The molecule has 1 amide bonds. The Balaban J connectivity index is 1.69. The van der Waals surface area contributed by atoms with Gasteiger partial charge in [0, 0.05) is 37.3 Å². The smallest absolute Gasteiger partial charge is 0.395 e. The highest BCUT2D eigenvalue weighted by Gasteiger charge is 2.67. The number of phenolic OH excluding ortho intramolecular Hbond substituents is 1. The molecule has 1 aromatic heterocycles. The summed E-state index contributed by atoms with van der Waals surface area (Å²) in [6.07, 6.45) is -0.952. The minimum Gasteiger partial charge on any atom is -0.508 e. The topological polar surface area (TPSA) is 65.5 Å². The molecule has 2 atom stereocenters. The van der Waals surface area contributed by atoms with E-state index in [0.717, 1.165) is 11.1 Å². The Morgan fingerprint density at radius 1 is 1.28 bits per heavy atom. The number of pyridine rings is 1. The van der Waals surface area contributed by atoms with Crippen LogP contribution in [-0.4, -0.2) is 53.8 Å². The van der Waals surface area contributed by atoms with Gasteiger partial charge in [0.15, 0.2) is 0 Å². The van der Waals surface area contributed by atoms with E-state index in [1.807, 2.05) is 32.0 Å². The lowest BCUT2D eigenvalue weighted by atomic mass is 9.80. The van der Waals surface area contributed by atoms with Gasteiger partial charge in [0.25, 0.3) is 0 Å². The number of rotatable bonds is 9. The number of amides is 1.